The van der Waals surface area contributed by atoms with Crippen LogP contribution in [0.4, 0.5) is 4.39 Å². The highest BCUT2D eigenvalue weighted by atomic mass is 32.1. The molecule has 6 heteroatoms. The lowest BCUT2D eigenvalue weighted by atomic mass is 10.1. The Labute approximate surface area is 144 Å². The molecule has 0 spiro atoms. The second-order valence-corrected chi connectivity index (χ2v) is 7.06. The maximum atomic E-state index is 12.9. The molecule has 2 aromatic rings. The van der Waals surface area contributed by atoms with Crippen molar-refractivity contribution in [2.24, 2.45) is 5.92 Å². The number of hydrogen-bond donors (Lipinski definition) is 1. The maximum absolute atomic E-state index is 12.9. The molecular formula is C18H19FN2O2S. The van der Waals surface area contributed by atoms with E-state index in [1.165, 1.54) is 12.1 Å². The smallest absolute Gasteiger partial charge is 0.225 e. The summed E-state index contributed by atoms with van der Waals surface area (Å²) < 4.78 is 12.9. The second-order valence-electron chi connectivity index (χ2n) is 6.03. The predicted molar refractivity (Wildman–Crippen MR) is 91.0 cm³/mol. The monoisotopic (exact) mass is 346 g/mol. The van der Waals surface area contributed by atoms with Gasteiger partial charge in [-0.05, 0) is 29.1 Å². The molecule has 1 N–H and O–H groups in total. The van der Waals surface area contributed by atoms with E-state index in [-0.39, 0.29) is 23.5 Å². The standard InChI is InChI=1S/C18H19FN2O2S/c19-15-5-3-13(4-6-15)11-21-12-14(8-18(21)23)10-20-17(22)9-16-2-1-7-24-16/h1-7,14H,8-12H2,(H,20,22). The van der Waals surface area contributed by atoms with Gasteiger partial charge in [-0.3, -0.25) is 9.59 Å². The zero-order chi connectivity index (χ0) is 16.9. The van der Waals surface area contributed by atoms with Crippen LogP contribution in [-0.4, -0.2) is 29.8 Å². The molecule has 24 heavy (non-hydrogen) atoms. The van der Waals surface area contributed by atoms with Gasteiger partial charge < -0.3 is 10.2 Å². The molecule has 1 aliphatic rings. The summed E-state index contributed by atoms with van der Waals surface area (Å²) in [7, 11) is 0. The lowest BCUT2D eigenvalue weighted by Crippen LogP contribution is -2.31. The Morgan fingerprint density at radius 3 is 2.79 bits per heavy atom. The van der Waals surface area contributed by atoms with Crippen molar-refractivity contribution in [3.63, 3.8) is 0 Å². The molecule has 2 amide bonds. The number of hydrogen-bond acceptors (Lipinski definition) is 3. The highest BCUT2D eigenvalue weighted by Crippen LogP contribution is 2.20. The topological polar surface area (TPSA) is 49.4 Å². The molecule has 4 nitrogen and oxygen atoms in total. The van der Waals surface area contributed by atoms with Gasteiger partial charge in [0.15, 0.2) is 0 Å². The Morgan fingerprint density at radius 1 is 1.29 bits per heavy atom. The van der Waals surface area contributed by atoms with Gasteiger partial charge in [-0.2, -0.15) is 0 Å². The third-order valence-electron chi connectivity index (χ3n) is 4.08. The Balaban J connectivity index is 1.46. The Kier molecular flexibility index (Phi) is 5.25. The average Bonchev–Trinajstić information content (AvgIpc) is 3.18. The SMILES string of the molecule is O=C(Cc1cccs1)NCC1CC(=O)N(Cc2ccc(F)cc2)C1. The zero-order valence-corrected chi connectivity index (χ0v) is 14.0. The van der Waals surface area contributed by atoms with Crippen molar-refractivity contribution in [2.45, 2.75) is 19.4 Å². The van der Waals surface area contributed by atoms with E-state index in [4.69, 9.17) is 0 Å². The number of carbonyl (C=O) groups excluding carboxylic acids is 2. The average molecular weight is 346 g/mol. The van der Waals surface area contributed by atoms with Gasteiger partial charge in [0.1, 0.15) is 5.82 Å². The molecule has 1 aromatic carbocycles. The summed E-state index contributed by atoms with van der Waals surface area (Å²) in [6.07, 6.45) is 0.831. The number of nitrogens with zero attached hydrogens (tertiary/aromatic N) is 1. The van der Waals surface area contributed by atoms with Crippen LogP contribution in [0.3, 0.4) is 0 Å². The number of halogens is 1. The van der Waals surface area contributed by atoms with Crippen LogP contribution in [0.2, 0.25) is 0 Å². The van der Waals surface area contributed by atoms with Crippen LogP contribution in [-0.2, 0) is 22.6 Å². The van der Waals surface area contributed by atoms with E-state index in [2.05, 4.69) is 5.32 Å². The van der Waals surface area contributed by atoms with E-state index in [1.807, 2.05) is 17.5 Å². The van der Waals surface area contributed by atoms with Gasteiger partial charge >= 0.3 is 0 Å². The highest BCUT2D eigenvalue weighted by molar-refractivity contribution is 7.10. The molecule has 3 rings (SSSR count). The zero-order valence-electron chi connectivity index (χ0n) is 13.2. The second kappa shape index (κ2) is 7.57. The molecule has 0 radical (unpaired) electrons. The van der Waals surface area contributed by atoms with Crippen molar-refractivity contribution in [2.75, 3.05) is 13.1 Å². The summed E-state index contributed by atoms with van der Waals surface area (Å²) in [5.74, 6) is -0.0817. The molecule has 126 valence electrons. The summed E-state index contributed by atoms with van der Waals surface area (Å²) >= 11 is 1.56. The van der Waals surface area contributed by atoms with E-state index in [1.54, 1.807) is 28.4 Å². The first kappa shape index (κ1) is 16.6. The first-order chi connectivity index (χ1) is 11.6. The van der Waals surface area contributed by atoms with E-state index in [0.717, 1.165) is 10.4 Å². The fourth-order valence-corrected chi connectivity index (χ4v) is 3.55. The van der Waals surface area contributed by atoms with Crippen LogP contribution in [0.15, 0.2) is 41.8 Å². The lowest BCUT2D eigenvalue weighted by molar-refractivity contribution is -0.128. The summed E-state index contributed by atoms with van der Waals surface area (Å²) in [6.45, 7) is 1.62. The van der Waals surface area contributed by atoms with Crippen LogP contribution in [0, 0.1) is 11.7 Å². The van der Waals surface area contributed by atoms with E-state index in [9.17, 15) is 14.0 Å². The summed E-state index contributed by atoms with van der Waals surface area (Å²) in [5, 5.41) is 4.86. The third-order valence-corrected chi connectivity index (χ3v) is 4.96. The Morgan fingerprint density at radius 2 is 2.08 bits per heavy atom. The number of carbonyl (C=O) groups is 2. The van der Waals surface area contributed by atoms with Gasteiger partial charge in [0.2, 0.25) is 11.8 Å². The minimum Gasteiger partial charge on any atom is -0.355 e. The summed E-state index contributed by atoms with van der Waals surface area (Å²) in [5.41, 5.74) is 0.909. The normalized spacial score (nSPS) is 17.3. The maximum Gasteiger partial charge on any atom is 0.225 e. The van der Waals surface area contributed by atoms with Gasteiger partial charge in [-0.15, -0.1) is 11.3 Å². The Bertz CT molecular complexity index is 700. The van der Waals surface area contributed by atoms with Crippen molar-refractivity contribution in [1.82, 2.24) is 10.2 Å². The molecule has 2 heterocycles. The highest BCUT2D eigenvalue weighted by Gasteiger charge is 2.29. The van der Waals surface area contributed by atoms with Crippen molar-refractivity contribution in [1.29, 1.82) is 0 Å². The van der Waals surface area contributed by atoms with Crippen molar-refractivity contribution in [3.05, 3.63) is 58.0 Å². The quantitative estimate of drug-likeness (QED) is 0.874. The molecule has 0 bridgehead atoms. The van der Waals surface area contributed by atoms with Crippen LogP contribution in [0.1, 0.15) is 16.9 Å². The molecule has 1 atom stereocenters. The van der Waals surface area contributed by atoms with Crippen LogP contribution in [0.25, 0.3) is 0 Å². The Hall–Kier alpha value is -2.21. The fraction of sp³-hybridized carbons (Fsp3) is 0.333. The number of benzene rings is 1. The number of likely N-dealkylation sites (tertiary alicyclic amines) is 1. The first-order valence-electron chi connectivity index (χ1n) is 7.91. The number of amides is 2. The van der Waals surface area contributed by atoms with Gasteiger partial charge in [-0.25, -0.2) is 4.39 Å². The van der Waals surface area contributed by atoms with E-state index in [0.29, 0.717) is 32.5 Å². The van der Waals surface area contributed by atoms with E-state index >= 15 is 0 Å². The minimum atomic E-state index is -0.280. The predicted octanol–water partition coefficient (Wildman–Crippen LogP) is 2.59. The van der Waals surface area contributed by atoms with Crippen molar-refractivity contribution < 1.29 is 14.0 Å². The molecule has 1 aromatic heterocycles. The van der Waals surface area contributed by atoms with Crippen LogP contribution >= 0.6 is 11.3 Å². The van der Waals surface area contributed by atoms with Crippen LogP contribution < -0.4 is 5.32 Å². The molecule has 1 fully saturated rings. The van der Waals surface area contributed by atoms with Crippen molar-refractivity contribution in [3.8, 4) is 0 Å². The minimum absolute atomic E-state index is 0.0121. The van der Waals surface area contributed by atoms with Crippen LogP contribution in [0.5, 0.6) is 0 Å². The van der Waals surface area contributed by atoms with Gasteiger partial charge in [0.05, 0.1) is 6.42 Å². The molecule has 1 unspecified atom stereocenters. The number of rotatable bonds is 6. The van der Waals surface area contributed by atoms with Gasteiger partial charge in [-0.1, -0.05) is 18.2 Å². The molecule has 0 aliphatic carbocycles. The summed E-state index contributed by atoms with van der Waals surface area (Å²) in [4.78, 5) is 26.8. The molecule has 1 saturated heterocycles. The molecule has 1 aliphatic heterocycles. The lowest BCUT2D eigenvalue weighted by Gasteiger charge is -2.17. The first-order valence-corrected chi connectivity index (χ1v) is 8.79. The number of nitrogens with one attached hydrogen (secondary N) is 1. The molecular weight excluding hydrogens is 327 g/mol. The summed E-state index contributed by atoms with van der Waals surface area (Å²) in [6, 6.07) is 10.1. The molecule has 0 saturated carbocycles. The van der Waals surface area contributed by atoms with Gasteiger partial charge in [0, 0.05) is 36.9 Å². The largest absolute Gasteiger partial charge is 0.355 e. The van der Waals surface area contributed by atoms with Crippen molar-refractivity contribution >= 4 is 23.2 Å². The van der Waals surface area contributed by atoms with Gasteiger partial charge in [0.25, 0.3) is 0 Å². The number of thiophene rings is 1. The van der Waals surface area contributed by atoms with E-state index < -0.39 is 0 Å². The third kappa shape index (κ3) is 4.41. The fourth-order valence-electron chi connectivity index (χ4n) is 2.85.